The van der Waals surface area contributed by atoms with Crippen LogP contribution in [0, 0.1) is 0 Å². The van der Waals surface area contributed by atoms with E-state index in [1.165, 1.54) is 5.56 Å². The summed E-state index contributed by atoms with van der Waals surface area (Å²) in [5, 5.41) is 0. The van der Waals surface area contributed by atoms with Crippen LogP contribution in [0.25, 0.3) is 0 Å². The average molecular weight is 353 g/mol. The van der Waals surface area contributed by atoms with Crippen LogP contribution in [-0.4, -0.2) is 52.8 Å². The highest BCUT2D eigenvalue weighted by atomic mass is 16.2. The van der Waals surface area contributed by atoms with Crippen LogP contribution in [0.4, 0.5) is 0 Å². The lowest BCUT2D eigenvalue weighted by molar-refractivity contribution is -0.138. The number of hydrogen-bond donors (Lipinski definition) is 1. The van der Waals surface area contributed by atoms with Crippen LogP contribution < -0.4 is 0 Å². The molecule has 2 amide bonds. The standard InChI is InChI=1S/C21H27N3O2/c1-16(2)19-5-3-17(4-6-19)13-20(25)23-9-11-24(12-10-23)21(26)14-18-7-8-22-15-18/h3-8,15-16,22H,9-14H2,1-2H3. The van der Waals surface area contributed by atoms with Gasteiger partial charge >= 0.3 is 0 Å². The molecule has 2 heterocycles. The first-order valence-corrected chi connectivity index (χ1v) is 9.29. The number of aromatic nitrogens is 1. The Balaban J connectivity index is 1.48. The summed E-state index contributed by atoms with van der Waals surface area (Å²) in [6.07, 6.45) is 4.52. The summed E-state index contributed by atoms with van der Waals surface area (Å²) in [7, 11) is 0. The summed E-state index contributed by atoms with van der Waals surface area (Å²) in [5.74, 6) is 0.762. The highest BCUT2D eigenvalue weighted by Gasteiger charge is 2.24. The van der Waals surface area contributed by atoms with Gasteiger partial charge in [0.05, 0.1) is 12.8 Å². The van der Waals surface area contributed by atoms with Crippen molar-refractivity contribution in [2.24, 2.45) is 0 Å². The van der Waals surface area contributed by atoms with Crippen molar-refractivity contribution in [3.8, 4) is 0 Å². The van der Waals surface area contributed by atoms with Crippen molar-refractivity contribution in [3.05, 3.63) is 59.4 Å². The van der Waals surface area contributed by atoms with Gasteiger partial charge in [-0.2, -0.15) is 0 Å². The Labute approximate surface area is 155 Å². The molecule has 0 bridgehead atoms. The Bertz CT molecular complexity index is 727. The van der Waals surface area contributed by atoms with Gasteiger partial charge in [-0.15, -0.1) is 0 Å². The normalized spacial score (nSPS) is 14.7. The van der Waals surface area contributed by atoms with E-state index in [9.17, 15) is 9.59 Å². The number of benzene rings is 1. The van der Waals surface area contributed by atoms with Gasteiger partial charge in [0.2, 0.25) is 11.8 Å². The molecule has 0 atom stereocenters. The Morgan fingerprint density at radius 2 is 1.42 bits per heavy atom. The molecule has 5 nitrogen and oxygen atoms in total. The summed E-state index contributed by atoms with van der Waals surface area (Å²) in [5.41, 5.74) is 3.33. The number of aromatic amines is 1. The zero-order valence-corrected chi connectivity index (χ0v) is 15.6. The number of carbonyl (C=O) groups is 2. The molecular formula is C21H27N3O2. The Kier molecular flexibility index (Phi) is 5.76. The first kappa shape index (κ1) is 18.2. The number of H-pyrrole nitrogens is 1. The fraction of sp³-hybridized carbons (Fsp3) is 0.429. The molecule has 1 aliphatic heterocycles. The summed E-state index contributed by atoms with van der Waals surface area (Å²) in [6, 6.07) is 10.2. The van der Waals surface area contributed by atoms with E-state index in [0.29, 0.717) is 44.9 Å². The lowest BCUT2D eigenvalue weighted by atomic mass is 10.0. The number of carbonyl (C=O) groups excluding carboxylic acids is 2. The maximum absolute atomic E-state index is 12.5. The molecule has 2 aromatic rings. The predicted molar refractivity (Wildman–Crippen MR) is 102 cm³/mol. The molecule has 0 saturated carbocycles. The minimum atomic E-state index is 0.126. The van der Waals surface area contributed by atoms with E-state index in [1.54, 1.807) is 0 Å². The number of amides is 2. The summed E-state index contributed by atoms with van der Waals surface area (Å²) < 4.78 is 0. The largest absolute Gasteiger partial charge is 0.367 e. The molecule has 1 N–H and O–H groups in total. The monoisotopic (exact) mass is 353 g/mol. The van der Waals surface area contributed by atoms with Gasteiger partial charge in [-0.05, 0) is 28.7 Å². The SMILES string of the molecule is CC(C)c1ccc(CC(=O)N2CCN(C(=O)Cc3cc[nH]c3)CC2)cc1. The van der Waals surface area contributed by atoms with Crippen LogP contribution in [0.1, 0.15) is 36.5 Å². The van der Waals surface area contributed by atoms with E-state index >= 15 is 0 Å². The van der Waals surface area contributed by atoms with Crippen molar-refractivity contribution >= 4 is 11.8 Å². The van der Waals surface area contributed by atoms with Crippen molar-refractivity contribution in [2.75, 3.05) is 26.2 Å². The smallest absolute Gasteiger partial charge is 0.227 e. The molecule has 1 aromatic heterocycles. The van der Waals surface area contributed by atoms with E-state index < -0.39 is 0 Å². The molecule has 0 spiro atoms. The Hall–Kier alpha value is -2.56. The second-order valence-electron chi connectivity index (χ2n) is 7.23. The highest BCUT2D eigenvalue weighted by Crippen LogP contribution is 2.16. The zero-order valence-electron chi connectivity index (χ0n) is 15.6. The van der Waals surface area contributed by atoms with E-state index in [0.717, 1.165) is 11.1 Å². The number of hydrogen-bond acceptors (Lipinski definition) is 2. The molecule has 138 valence electrons. The highest BCUT2D eigenvalue weighted by molar-refractivity contribution is 5.81. The zero-order chi connectivity index (χ0) is 18.5. The maximum atomic E-state index is 12.5. The average Bonchev–Trinajstić information content (AvgIpc) is 3.15. The molecule has 1 aliphatic rings. The second-order valence-corrected chi connectivity index (χ2v) is 7.23. The lowest BCUT2D eigenvalue weighted by Gasteiger charge is -2.35. The first-order chi connectivity index (χ1) is 12.5. The third-order valence-electron chi connectivity index (χ3n) is 5.00. The van der Waals surface area contributed by atoms with Crippen LogP contribution in [0.3, 0.4) is 0 Å². The summed E-state index contributed by atoms with van der Waals surface area (Å²) >= 11 is 0. The van der Waals surface area contributed by atoms with Gasteiger partial charge < -0.3 is 14.8 Å². The van der Waals surface area contributed by atoms with Gasteiger partial charge in [0.1, 0.15) is 0 Å². The fourth-order valence-electron chi connectivity index (χ4n) is 3.27. The van der Waals surface area contributed by atoms with Crippen molar-refractivity contribution in [3.63, 3.8) is 0 Å². The Morgan fingerprint density at radius 1 is 0.885 bits per heavy atom. The van der Waals surface area contributed by atoms with Crippen molar-refractivity contribution in [1.82, 2.24) is 14.8 Å². The van der Waals surface area contributed by atoms with Crippen LogP contribution in [0.5, 0.6) is 0 Å². The van der Waals surface area contributed by atoms with Gasteiger partial charge in [0.15, 0.2) is 0 Å². The third kappa shape index (κ3) is 4.54. The van der Waals surface area contributed by atoms with Gasteiger partial charge in [-0.1, -0.05) is 38.1 Å². The number of nitrogens with one attached hydrogen (secondary N) is 1. The summed E-state index contributed by atoms with van der Waals surface area (Å²) in [6.45, 7) is 6.78. The third-order valence-corrected chi connectivity index (χ3v) is 5.00. The number of nitrogens with zero attached hydrogens (tertiary/aromatic N) is 2. The van der Waals surface area contributed by atoms with Crippen LogP contribution in [-0.2, 0) is 22.4 Å². The maximum Gasteiger partial charge on any atom is 0.227 e. The van der Waals surface area contributed by atoms with Gasteiger partial charge in [-0.25, -0.2) is 0 Å². The molecule has 26 heavy (non-hydrogen) atoms. The minimum Gasteiger partial charge on any atom is -0.367 e. The van der Waals surface area contributed by atoms with E-state index in [4.69, 9.17) is 0 Å². The molecular weight excluding hydrogens is 326 g/mol. The van der Waals surface area contributed by atoms with Gasteiger partial charge in [-0.3, -0.25) is 9.59 Å². The van der Waals surface area contributed by atoms with Crippen molar-refractivity contribution in [1.29, 1.82) is 0 Å². The predicted octanol–water partition coefficient (Wildman–Crippen LogP) is 2.59. The van der Waals surface area contributed by atoms with E-state index in [2.05, 4.69) is 31.0 Å². The van der Waals surface area contributed by atoms with E-state index in [1.807, 2.05) is 40.4 Å². The molecule has 1 fully saturated rings. The lowest BCUT2D eigenvalue weighted by Crippen LogP contribution is -2.51. The van der Waals surface area contributed by atoms with Crippen molar-refractivity contribution in [2.45, 2.75) is 32.6 Å². The molecule has 0 aliphatic carbocycles. The van der Waals surface area contributed by atoms with E-state index in [-0.39, 0.29) is 11.8 Å². The van der Waals surface area contributed by atoms with Gasteiger partial charge in [0.25, 0.3) is 0 Å². The fourth-order valence-corrected chi connectivity index (χ4v) is 3.27. The Morgan fingerprint density at radius 3 is 1.88 bits per heavy atom. The quantitative estimate of drug-likeness (QED) is 0.898. The van der Waals surface area contributed by atoms with Gasteiger partial charge in [0, 0.05) is 38.6 Å². The van der Waals surface area contributed by atoms with Crippen molar-refractivity contribution < 1.29 is 9.59 Å². The summed E-state index contributed by atoms with van der Waals surface area (Å²) in [4.78, 5) is 31.6. The molecule has 3 rings (SSSR count). The number of rotatable bonds is 5. The molecule has 1 aromatic carbocycles. The minimum absolute atomic E-state index is 0.126. The topological polar surface area (TPSA) is 56.4 Å². The molecule has 5 heteroatoms. The first-order valence-electron chi connectivity index (χ1n) is 9.29. The van der Waals surface area contributed by atoms with Crippen LogP contribution in [0.15, 0.2) is 42.7 Å². The second kappa shape index (κ2) is 8.21. The molecule has 0 unspecified atom stereocenters. The van der Waals surface area contributed by atoms with Crippen LogP contribution >= 0.6 is 0 Å². The molecule has 1 saturated heterocycles. The molecule has 0 radical (unpaired) electrons. The number of piperazine rings is 1. The van der Waals surface area contributed by atoms with Crippen LogP contribution in [0.2, 0.25) is 0 Å².